The van der Waals surface area contributed by atoms with Crippen LogP contribution in [0.5, 0.6) is 17.4 Å². The number of amides is 1. The Morgan fingerprint density at radius 3 is 2.61 bits per heavy atom. The Labute approximate surface area is 195 Å². The van der Waals surface area contributed by atoms with E-state index in [0.29, 0.717) is 37.2 Å². The lowest BCUT2D eigenvalue weighted by molar-refractivity contribution is -0.124. The summed E-state index contributed by atoms with van der Waals surface area (Å²) in [5.74, 6) is 1.66. The van der Waals surface area contributed by atoms with Gasteiger partial charge in [-0.25, -0.2) is 4.98 Å². The van der Waals surface area contributed by atoms with Crippen molar-refractivity contribution >= 4 is 30.7 Å². The highest BCUT2D eigenvalue weighted by molar-refractivity contribution is 5.85. The van der Waals surface area contributed by atoms with Gasteiger partial charge in [0, 0.05) is 31.5 Å². The SMILES string of the molecule is CCCOc1ccccc1Oc1ncccc1CNC(=O)C(N)C1CCOCC1.Cl.Cl. The topological polar surface area (TPSA) is 95.7 Å². The van der Waals surface area contributed by atoms with Crippen LogP contribution in [0.4, 0.5) is 0 Å². The highest BCUT2D eigenvalue weighted by Gasteiger charge is 2.26. The summed E-state index contributed by atoms with van der Waals surface area (Å²) in [4.78, 5) is 16.8. The van der Waals surface area contributed by atoms with Crippen LogP contribution in [0, 0.1) is 5.92 Å². The van der Waals surface area contributed by atoms with E-state index in [1.165, 1.54) is 0 Å². The van der Waals surface area contributed by atoms with E-state index < -0.39 is 6.04 Å². The second-order valence-corrected chi connectivity index (χ2v) is 7.06. The third-order valence-corrected chi connectivity index (χ3v) is 4.90. The molecular formula is C22H31Cl2N3O4. The summed E-state index contributed by atoms with van der Waals surface area (Å²) in [6.45, 7) is 4.26. The van der Waals surface area contributed by atoms with Crippen molar-refractivity contribution in [3.05, 3.63) is 48.2 Å². The van der Waals surface area contributed by atoms with Gasteiger partial charge in [-0.3, -0.25) is 4.79 Å². The molecule has 2 heterocycles. The van der Waals surface area contributed by atoms with Crippen molar-refractivity contribution in [1.82, 2.24) is 10.3 Å². The zero-order valence-electron chi connectivity index (χ0n) is 17.6. The van der Waals surface area contributed by atoms with Crippen molar-refractivity contribution < 1.29 is 19.0 Å². The second kappa shape index (κ2) is 14.1. The molecule has 172 valence electrons. The summed E-state index contributed by atoms with van der Waals surface area (Å²) in [6.07, 6.45) is 4.18. The Hall–Kier alpha value is -2.06. The van der Waals surface area contributed by atoms with Crippen molar-refractivity contribution in [2.75, 3.05) is 19.8 Å². The van der Waals surface area contributed by atoms with Crippen LogP contribution in [0.3, 0.4) is 0 Å². The molecule has 1 amide bonds. The highest BCUT2D eigenvalue weighted by Crippen LogP contribution is 2.32. The molecule has 1 fully saturated rings. The van der Waals surface area contributed by atoms with Gasteiger partial charge in [0.05, 0.1) is 12.6 Å². The van der Waals surface area contributed by atoms with Crippen molar-refractivity contribution in [2.45, 2.75) is 38.8 Å². The summed E-state index contributed by atoms with van der Waals surface area (Å²) in [5, 5.41) is 2.92. The van der Waals surface area contributed by atoms with Crippen LogP contribution in [0.15, 0.2) is 42.6 Å². The van der Waals surface area contributed by atoms with Gasteiger partial charge in [-0.05, 0) is 43.4 Å². The van der Waals surface area contributed by atoms with Crippen LogP contribution in [0.1, 0.15) is 31.7 Å². The number of benzene rings is 1. The first kappa shape index (κ1) is 27.0. The number of carbonyl (C=O) groups excluding carboxylic acids is 1. The third kappa shape index (κ3) is 7.85. The maximum absolute atomic E-state index is 12.5. The summed E-state index contributed by atoms with van der Waals surface area (Å²) in [6, 6.07) is 10.6. The predicted octanol–water partition coefficient (Wildman–Crippen LogP) is 3.88. The molecule has 2 aromatic rings. The van der Waals surface area contributed by atoms with E-state index in [1.54, 1.807) is 6.20 Å². The van der Waals surface area contributed by atoms with Crippen LogP contribution in [-0.2, 0) is 16.1 Å². The molecule has 1 atom stereocenters. The zero-order valence-corrected chi connectivity index (χ0v) is 19.3. The number of hydrogen-bond donors (Lipinski definition) is 2. The number of hydrogen-bond acceptors (Lipinski definition) is 6. The fraction of sp³-hybridized carbons (Fsp3) is 0.455. The number of ether oxygens (including phenoxy) is 3. The summed E-state index contributed by atoms with van der Waals surface area (Å²) in [5.41, 5.74) is 6.92. The molecule has 7 nitrogen and oxygen atoms in total. The number of aromatic nitrogens is 1. The summed E-state index contributed by atoms with van der Waals surface area (Å²) < 4.78 is 17.1. The van der Waals surface area contributed by atoms with E-state index in [4.69, 9.17) is 19.9 Å². The molecule has 1 unspecified atom stereocenters. The van der Waals surface area contributed by atoms with E-state index in [2.05, 4.69) is 10.3 Å². The third-order valence-electron chi connectivity index (χ3n) is 4.90. The molecule has 31 heavy (non-hydrogen) atoms. The summed E-state index contributed by atoms with van der Waals surface area (Å²) >= 11 is 0. The Kier molecular flexibility index (Phi) is 12.3. The molecule has 0 aliphatic carbocycles. The van der Waals surface area contributed by atoms with E-state index in [-0.39, 0.29) is 43.2 Å². The lowest BCUT2D eigenvalue weighted by atomic mass is 9.92. The molecule has 0 bridgehead atoms. The van der Waals surface area contributed by atoms with Crippen LogP contribution in [0.25, 0.3) is 0 Å². The smallest absolute Gasteiger partial charge is 0.237 e. The van der Waals surface area contributed by atoms with E-state index >= 15 is 0 Å². The molecule has 3 N–H and O–H groups in total. The van der Waals surface area contributed by atoms with Crippen LogP contribution < -0.4 is 20.5 Å². The first-order valence-electron chi connectivity index (χ1n) is 10.1. The highest BCUT2D eigenvalue weighted by atomic mass is 35.5. The normalized spacial score (nSPS) is 14.5. The molecule has 0 spiro atoms. The summed E-state index contributed by atoms with van der Waals surface area (Å²) in [7, 11) is 0. The van der Waals surface area contributed by atoms with Gasteiger partial charge in [0.2, 0.25) is 11.8 Å². The molecule has 3 rings (SSSR count). The molecule has 1 aromatic carbocycles. The van der Waals surface area contributed by atoms with Crippen molar-refractivity contribution in [3.8, 4) is 17.4 Å². The lowest BCUT2D eigenvalue weighted by Gasteiger charge is -2.26. The number of nitrogens with zero attached hydrogens (tertiary/aromatic N) is 1. The van der Waals surface area contributed by atoms with Crippen molar-refractivity contribution in [3.63, 3.8) is 0 Å². The largest absolute Gasteiger partial charge is 0.490 e. The van der Waals surface area contributed by atoms with E-state index in [1.807, 2.05) is 43.3 Å². The fourth-order valence-electron chi connectivity index (χ4n) is 3.21. The van der Waals surface area contributed by atoms with Crippen LogP contribution in [0.2, 0.25) is 0 Å². The second-order valence-electron chi connectivity index (χ2n) is 7.06. The number of carbonyl (C=O) groups is 1. The maximum atomic E-state index is 12.5. The van der Waals surface area contributed by atoms with Gasteiger partial charge in [0.25, 0.3) is 0 Å². The fourth-order valence-corrected chi connectivity index (χ4v) is 3.21. The molecule has 0 radical (unpaired) electrons. The Bertz CT molecular complexity index is 804. The molecule has 1 saturated heterocycles. The molecule has 1 aromatic heterocycles. The average Bonchev–Trinajstić information content (AvgIpc) is 2.77. The predicted molar refractivity (Wildman–Crippen MR) is 124 cm³/mol. The minimum atomic E-state index is -0.539. The number of rotatable bonds is 9. The monoisotopic (exact) mass is 471 g/mol. The average molecular weight is 472 g/mol. The maximum Gasteiger partial charge on any atom is 0.237 e. The molecule has 1 aliphatic rings. The van der Waals surface area contributed by atoms with Gasteiger partial charge in [-0.1, -0.05) is 25.1 Å². The zero-order chi connectivity index (χ0) is 20.5. The number of halogens is 2. The number of nitrogens with two attached hydrogens (primary N) is 1. The molecule has 9 heteroatoms. The van der Waals surface area contributed by atoms with Gasteiger partial charge >= 0.3 is 0 Å². The first-order valence-corrected chi connectivity index (χ1v) is 10.1. The standard InChI is InChI=1S/C22H29N3O4.2ClH/c1-2-12-28-18-7-3-4-8-19(18)29-22-17(6-5-11-24-22)15-25-21(26)20(23)16-9-13-27-14-10-16;;/h3-8,11,16,20H,2,9-10,12-15,23H2,1H3,(H,25,26);2*1H. The van der Waals surface area contributed by atoms with E-state index in [0.717, 1.165) is 24.8 Å². The van der Waals surface area contributed by atoms with Gasteiger partial charge in [-0.2, -0.15) is 0 Å². The van der Waals surface area contributed by atoms with Crippen molar-refractivity contribution in [2.24, 2.45) is 11.7 Å². The Morgan fingerprint density at radius 1 is 1.19 bits per heavy atom. The van der Waals surface area contributed by atoms with Crippen molar-refractivity contribution in [1.29, 1.82) is 0 Å². The van der Waals surface area contributed by atoms with Crippen LogP contribution in [-0.4, -0.2) is 36.8 Å². The van der Waals surface area contributed by atoms with E-state index in [9.17, 15) is 4.79 Å². The van der Waals surface area contributed by atoms with Gasteiger partial charge in [0.15, 0.2) is 11.5 Å². The number of pyridine rings is 1. The minimum Gasteiger partial charge on any atom is -0.490 e. The van der Waals surface area contributed by atoms with Gasteiger partial charge < -0.3 is 25.3 Å². The first-order chi connectivity index (χ1) is 14.2. The Morgan fingerprint density at radius 2 is 1.90 bits per heavy atom. The lowest BCUT2D eigenvalue weighted by Crippen LogP contribution is -2.46. The van der Waals surface area contributed by atoms with Crippen LogP contribution >= 0.6 is 24.8 Å². The van der Waals surface area contributed by atoms with Gasteiger partial charge in [0.1, 0.15) is 0 Å². The van der Waals surface area contributed by atoms with Gasteiger partial charge in [-0.15, -0.1) is 24.8 Å². The molecular weight excluding hydrogens is 441 g/mol. The minimum absolute atomic E-state index is 0. The number of nitrogens with one attached hydrogen (secondary N) is 1. The number of para-hydroxylation sites is 2. The Balaban J connectivity index is 0.00000240. The molecule has 0 saturated carbocycles. The molecule has 1 aliphatic heterocycles. The quantitative estimate of drug-likeness (QED) is 0.575.